The van der Waals surface area contributed by atoms with Crippen molar-refractivity contribution in [2.45, 2.75) is 79.1 Å². The SMILES string of the molecule is CC(C)c1cc(I)cc(C(C)C)c1NC(=O)c1cccc(C(=O)Nc2c(C(C)C)cc(I)cc2C(C)C)n1. The molecule has 2 amide bonds. The zero-order valence-electron chi connectivity index (χ0n) is 23.4. The molecule has 2 aromatic carbocycles. The van der Waals surface area contributed by atoms with Gasteiger partial charge in [0.1, 0.15) is 11.4 Å². The Morgan fingerprint density at radius 3 is 1.16 bits per heavy atom. The number of carbonyl (C=O) groups excluding carboxylic acids is 2. The first-order valence-corrected chi connectivity index (χ1v) is 15.2. The van der Waals surface area contributed by atoms with Gasteiger partial charge in [-0.3, -0.25) is 9.59 Å². The summed E-state index contributed by atoms with van der Waals surface area (Å²) < 4.78 is 2.28. The highest BCUT2D eigenvalue weighted by Gasteiger charge is 2.22. The molecule has 0 bridgehead atoms. The highest BCUT2D eigenvalue weighted by molar-refractivity contribution is 14.1. The Morgan fingerprint density at radius 1 is 0.605 bits per heavy atom. The number of carbonyl (C=O) groups is 2. The van der Waals surface area contributed by atoms with E-state index in [9.17, 15) is 9.59 Å². The monoisotopic (exact) mass is 737 g/mol. The first-order valence-electron chi connectivity index (χ1n) is 13.1. The van der Waals surface area contributed by atoms with Crippen LogP contribution in [-0.4, -0.2) is 16.8 Å². The summed E-state index contributed by atoms with van der Waals surface area (Å²) in [7, 11) is 0. The smallest absolute Gasteiger partial charge is 0.274 e. The average Bonchev–Trinajstić information content (AvgIpc) is 2.84. The molecule has 1 aromatic heterocycles. The van der Waals surface area contributed by atoms with Crippen LogP contribution < -0.4 is 10.6 Å². The van der Waals surface area contributed by atoms with Crippen molar-refractivity contribution in [3.8, 4) is 0 Å². The van der Waals surface area contributed by atoms with Gasteiger partial charge in [0.2, 0.25) is 0 Å². The normalized spacial score (nSPS) is 11.5. The number of nitrogens with zero attached hydrogens (tertiary/aromatic N) is 1. The fourth-order valence-electron chi connectivity index (χ4n) is 4.45. The lowest BCUT2D eigenvalue weighted by atomic mass is 9.92. The van der Waals surface area contributed by atoms with Crippen LogP contribution in [0, 0.1) is 7.14 Å². The van der Waals surface area contributed by atoms with Crippen molar-refractivity contribution in [3.63, 3.8) is 0 Å². The number of nitrogens with one attached hydrogen (secondary N) is 2. The number of amides is 2. The van der Waals surface area contributed by atoms with E-state index in [1.54, 1.807) is 18.2 Å². The largest absolute Gasteiger partial charge is 0.320 e. The van der Waals surface area contributed by atoms with Gasteiger partial charge < -0.3 is 10.6 Å². The fourth-order valence-corrected chi connectivity index (χ4v) is 5.79. The summed E-state index contributed by atoms with van der Waals surface area (Å²) in [5.41, 5.74) is 6.42. The highest BCUT2D eigenvalue weighted by atomic mass is 127. The number of benzene rings is 2. The molecule has 0 aliphatic heterocycles. The second-order valence-electron chi connectivity index (χ2n) is 10.9. The zero-order valence-corrected chi connectivity index (χ0v) is 27.7. The molecule has 0 fully saturated rings. The lowest BCUT2D eigenvalue weighted by Crippen LogP contribution is -2.21. The van der Waals surface area contributed by atoms with Crippen molar-refractivity contribution in [3.05, 3.63) is 83.2 Å². The molecule has 38 heavy (non-hydrogen) atoms. The lowest BCUT2D eigenvalue weighted by Gasteiger charge is -2.21. The number of anilines is 2. The first-order chi connectivity index (χ1) is 17.8. The molecule has 0 aliphatic rings. The Morgan fingerprint density at radius 2 is 0.895 bits per heavy atom. The Hall–Kier alpha value is -2.01. The van der Waals surface area contributed by atoms with Crippen LogP contribution >= 0.6 is 45.2 Å². The summed E-state index contributed by atoms with van der Waals surface area (Å²) in [6.45, 7) is 17.0. The van der Waals surface area contributed by atoms with E-state index in [1.165, 1.54) is 0 Å². The number of aromatic nitrogens is 1. The molecule has 0 radical (unpaired) electrons. The van der Waals surface area contributed by atoms with Crippen LogP contribution in [0.2, 0.25) is 0 Å². The molecule has 0 aliphatic carbocycles. The minimum absolute atomic E-state index is 0.205. The van der Waals surface area contributed by atoms with Crippen molar-refractivity contribution < 1.29 is 9.59 Å². The predicted octanol–water partition coefficient (Wildman–Crippen LogP) is 9.29. The molecule has 3 aromatic rings. The molecule has 2 N–H and O–H groups in total. The Balaban J connectivity index is 1.95. The van der Waals surface area contributed by atoms with Crippen LogP contribution in [0.3, 0.4) is 0 Å². The summed E-state index contributed by atoms with van der Waals surface area (Å²) >= 11 is 4.65. The molecule has 0 atom stereocenters. The molecule has 5 nitrogen and oxygen atoms in total. The maximum Gasteiger partial charge on any atom is 0.274 e. The highest BCUT2D eigenvalue weighted by Crippen LogP contribution is 2.36. The average molecular weight is 737 g/mol. The van der Waals surface area contributed by atoms with Gasteiger partial charge in [0.15, 0.2) is 0 Å². The Labute approximate surface area is 254 Å². The van der Waals surface area contributed by atoms with Gasteiger partial charge in [-0.25, -0.2) is 4.98 Å². The molecular formula is C31H37I2N3O2. The minimum Gasteiger partial charge on any atom is -0.320 e. The molecule has 1 heterocycles. The molecule has 0 unspecified atom stereocenters. The standard InChI is InChI=1S/C31H37I2N3O2/c1-16(2)22-12-20(32)13-23(17(3)4)28(22)35-30(37)26-10-9-11-27(34-26)31(38)36-29-24(18(5)6)14-21(33)15-25(29)19(7)8/h9-19H,1-8H3,(H,35,37)(H,36,38). The van der Waals surface area contributed by atoms with Crippen molar-refractivity contribution in [1.29, 1.82) is 0 Å². The molecule has 0 saturated heterocycles. The van der Waals surface area contributed by atoms with Crippen LogP contribution in [0.5, 0.6) is 0 Å². The quantitative estimate of drug-likeness (QED) is 0.227. The number of rotatable bonds is 8. The maximum atomic E-state index is 13.4. The van der Waals surface area contributed by atoms with Gasteiger partial charge in [-0.1, -0.05) is 61.5 Å². The topological polar surface area (TPSA) is 71.1 Å². The first kappa shape index (κ1) is 30.5. The number of hydrogen-bond acceptors (Lipinski definition) is 3. The van der Waals surface area contributed by atoms with Gasteiger partial charge in [0.05, 0.1) is 0 Å². The predicted molar refractivity (Wildman–Crippen MR) is 175 cm³/mol. The van der Waals surface area contributed by atoms with E-state index >= 15 is 0 Å². The fraction of sp³-hybridized carbons (Fsp3) is 0.387. The number of halogens is 2. The lowest BCUT2D eigenvalue weighted by molar-refractivity contribution is 0.101. The zero-order chi connectivity index (χ0) is 28.3. The van der Waals surface area contributed by atoms with Gasteiger partial charge in [-0.05, 0) is 128 Å². The van der Waals surface area contributed by atoms with E-state index in [1.807, 2.05) is 0 Å². The van der Waals surface area contributed by atoms with Crippen molar-refractivity contribution in [2.75, 3.05) is 10.6 Å². The van der Waals surface area contributed by atoms with Gasteiger partial charge in [0.25, 0.3) is 11.8 Å². The van der Waals surface area contributed by atoms with Crippen molar-refractivity contribution in [2.24, 2.45) is 0 Å². The molecule has 7 heteroatoms. The van der Waals surface area contributed by atoms with E-state index in [0.29, 0.717) is 0 Å². The molecular weight excluding hydrogens is 700 g/mol. The van der Waals surface area contributed by atoms with E-state index < -0.39 is 0 Å². The molecule has 202 valence electrons. The number of hydrogen-bond donors (Lipinski definition) is 2. The van der Waals surface area contributed by atoms with Gasteiger partial charge in [-0.2, -0.15) is 0 Å². The van der Waals surface area contributed by atoms with Crippen LogP contribution in [0.4, 0.5) is 11.4 Å². The van der Waals surface area contributed by atoms with E-state index in [0.717, 1.165) is 40.8 Å². The third-order valence-electron chi connectivity index (χ3n) is 6.51. The van der Waals surface area contributed by atoms with Crippen LogP contribution in [0.25, 0.3) is 0 Å². The summed E-state index contributed by atoms with van der Waals surface area (Å²) in [6, 6.07) is 13.5. The van der Waals surface area contributed by atoms with E-state index in [-0.39, 0.29) is 46.9 Å². The molecule has 3 rings (SSSR count). The van der Waals surface area contributed by atoms with Crippen LogP contribution in [-0.2, 0) is 0 Å². The van der Waals surface area contributed by atoms with Crippen molar-refractivity contribution >= 4 is 68.4 Å². The summed E-state index contributed by atoms with van der Waals surface area (Å²) in [6.07, 6.45) is 0. The van der Waals surface area contributed by atoms with Gasteiger partial charge in [-0.15, -0.1) is 0 Å². The van der Waals surface area contributed by atoms with Crippen molar-refractivity contribution in [1.82, 2.24) is 4.98 Å². The minimum atomic E-state index is -0.329. The Bertz CT molecular complexity index is 1190. The summed E-state index contributed by atoms with van der Waals surface area (Å²) in [4.78, 5) is 31.3. The maximum absolute atomic E-state index is 13.4. The molecule has 0 saturated carbocycles. The third kappa shape index (κ3) is 7.14. The third-order valence-corrected chi connectivity index (χ3v) is 7.75. The van der Waals surface area contributed by atoms with E-state index in [4.69, 9.17) is 0 Å². The van der Waals surface area contributed by atoms with Gasteiger partial charge >= 0.3 is 0 Å². The van der Waals surface area contributed by atoms with Gasteiger partial charge in [0, 0.05) is 18.5 Å². The van der Waals surface area contributed by atoms with E-state index in [2.05, 4.69) is 140 Å². The van der Waals surface area contributed by atoms with Crippen LogP contribution in [0.1, 0.15) is 122 Å². The van der Waals surface area contributed by atoms with Crippen LogP contribution in [0.15, 0.2) is 42.5 Å². The Kier molecular flexibility index (Phi) is 10.4. The number of pyridine rings is 1. The molecule has 0 spiro atoms. The summed E-state index contributed by atoms with van der Waals surface area (Å²) in [5.74, 6) is 0.293. The second kappa shape index (κ2) is 12.9. The summed E-state index contributed by atoms with van der Waals surface area (Å²) in [5, 5.41) is 6.24. The second-order valence-corrected chi connectivity index (χ2v) is 13.3.